The summed E-state index contributed by atoms with van der Waals surface area (Å²) in [5.74, 6) is 1.18. The molecule has 0 atom stereocenters. The zero-order valence-corrected chi connectivity index (χ0v) is 11.8. The van der Waals surface area contributed by atoms with Crippen LogP contribution in [0.5, 0.6) is 5.75 Å². The fraction of sp³-hybridized carbons (Fsp3) is 0.143. The van der Waals surface area contributed by atoms with Crippen LogP contribution in [0.4, 0.5) is 0 Å². The smallest absolute Gasteiger partial charge is 0.124 e. The average Bonchev–Trinajstić information content (AvgIpc) is 2.41. The number of halogens is 3. The normalized spacial score (nSPS) is 10.4. The van der Waals surface area contributed by atoms with E-state index in [1.165, 1.54) is 0 Å². The van der Waals surface area contributed by atoms with Crippen molar-refractivity contribution >= 4 is 34.8 Å². The summed E-state index contributed by atoms with van der Waals surface area (Å²) in [6, 6.07) is 13.1. The van der Waals surface area contributed by atoms with Crippen LogP contribution in [-0.2, 0) is 12.5 Å². The summed E-state index contributed by atoms with van der Waals surface area (Å²) in [6.07, 6.45) is 0. The molecule has 2 aromatic rings. The van der Waals surface area contributed by atoms with Gasteiger partial charge in [0.2, 0.25) is 0 Å². The maximum atomic E-state index is 6.10. The summed E-state index contributed by atoms with van der Waals surface area (Å²) in [5, 5.41) is 1.06. The Morgan fingerprint density at radius 2 is 1.61 bits per heavy atom. The number of rotatable bonds is 4. The summed E-state index contributed by atoms with van der Waals surface area (Å²) < 4.78 is 5.72. The monoisotopic (exact) mass is 300 g/mol. The Hall–Kier alpha value is -0.890. The molecular weight excluding hydrogens is 291 g/mol. The molecule has 0 aliphatic carbocycles. The van der Waals surface area contributed by atoms with E-state index in [2.05, 4.69) is 0 Å². The number of hydrogen-bond donors (Lipinski definition) is 0. The first-order chi connectivity index (χ1) is 8.72. The minimum absolute atomic E-state index is 0.368. The van der Waals surface area contributed by atoms with Crippen molar-refractivity contribution in [3.05, 3.63) is 63.6 Å². The van der Waals surface area contributed by atoms with E-state index < -0.39 is 0 Å². The lowest BCUT2D eigenvalue weighted by Gasteiger charge is -2.11. The lowest BCUT2D eigenvalue weighted by molar-refractivity contribution is 0.304. The molecule has 0 aromatic heterocycles. The molecule has 2 aromatic carbocycles. The van der Waals surface area contributed by atoms with Crippen LogP contribution in [-0.4, -0.2) is 0 Å². The molecule has 0 bridgehead atoms. The molecule has 0 radical (unpaired) electrons. The van der Waals surface area contributed by atoms with Crippen molar-refractivity contribution in [3.63, 3.8) is 0 Å². The largest absolute Gasteiger partial charge is 0.489 e. The second kappa shape index (κ2) is 6.33. The first-order valence-electron chi connectivity index (χ1n) is 5.42. The van der Waals surface area contributed by atoms with Gasteiger partial charge >= 0.3 is 0 Å². The second-order valence-corrected chi connectivity index (χ2v) is 4.80. The van der Waals surface area contributed by atoms with Crippen molar-refractivity contribution in [3.8, 4) is 5.75 Å². The zero-order chi connectivity index (χ0) is 13.0. The number of ether oxygens (including phenoxy) is 1. The molecule has 0 aliphatic heterocycles. The van der Waals surface area contributed by atoms with E-state index in [-0.39, 0.29) is 0 Å². The van der Waals surface area contributed by atoms with Crippen LogP contribution in [0.15, 0.2) is 42.5 Å². The SMILES string of the molecule is ClCc1ccccc1OCc1cccc(Cl)c1Cl. The predicted molar refractivity (Wildman–Crippen MR) is 76.8 cm³/mol. The van der Waals surface area contributed by atoms with E-state index in [0.717, 1.165) is 16.9 Å². The Balaban J connectivity index is 2.14. The van der Waals surface area contributed by atoms with Gasteiger partial charge in [-0.3, -0.25) is 0 Å². The molecule has 4 heteroatoms. The topological polar surface area (TPSA) is 9.23 Å². The Morgan fingerprint density at radius 3 is 2.39 bits per heavy atom. The average molecular weight is 302 g/mol. The molecule has 1 nitrogen and oxygen atoms in total. The molecule has 0 aliphatic rings. The first kappa shape index (κ1) is 13.5. The van der Waals surface area contributed by atoms with Crippen LogP contribution in [0.3, 0.4) is 0 Å². The molecular formula is C14H11Cl3O. The molecule has 0 heterocycles. The Bertz CT molecular complexity index is 540. The minimum atomic E-state index is 0.368. The molecule has 0 fully saturated rings. The van der Waals surface area contributed by atoms with Crippen LogP contribution < -0.4 is 4.74 Å². The molecule has 0 unspecified atom stereocenters. The summed E-state index contributed by atoms with van der Waals surface area (Å²) in [7, 11) is 0. The van der Waals surface area contributed by atoms with Gasteiger partial charge in [-0.1, -0.05) is 53.5 Å². The Morgan fingerprint density at radius 1 is 0.889 bits per heavy atom. The fourth-order valence-electron chi connectivity index (χ4n) is 1.57. The van der Waals surface area contributed by atoms with E-state index in [1.54, 1.807) is 6.07 Å². The van der Waals surface area contributed by atoms with E-state index in [1.807, 2.05) is 36.4 Å². The van der Waals surface area contributed by atoms with Gasteiger partial charge in [-0.15, -0.1) is 11.6 Å². The maximum Gasteiger partial charge on any atom is 0.124 e. The van der Waals surface area contributed by atoms with Gasteiger partial charge in [-0.2, -0.15) is 0 Å². The molecule has 0 N–H and O–H groups in total. The van der Waals surface area contributed by atoms with Gasteiger partial charge in [-0.25, -0.2) is 0 Å². The van der Waals surface area contributed by atoms with Crippen molar-refractivity contribution < 1.29 is 4.74 Å². The molecule has 0 spiro atoms. The van der Waals surface area contributed by atoms with Gasteiger partial charge in [0.25, 0.3) is 0 Å². The lowest BCUT2D eigenvalue weighted by atomic mass is 10.2. The van der Waals surface area contributed by atoms with Crippen molar-refractivity contribution in [1.29, 1.82) is 0 Å². The van der Waals surface area contributed by atoms with Gasteiger partial charge in [-0.05, 0) is 12.1 Å². The lowest BCUT2D eigenvalue weighted by Crippen LogP contribution is -1.98. The number of alkyl halides is 1. The van der Waals surface area contributed by atoms with Gasteiger partial charge in [0.05, 0.1) is 15.9 Å². The minimum Gasteiger partial charge on any atom is -0.489 e. The standard InChI is InChI=1S/C14H11Cl3O/c15-8-10-4-1-2-7-13(10)18-9-11-5-3-6-12(16)14(11)17/h1-7H,8-9H2. The van der Waals surface area contributed by atoms with Crippen molar-refractivity contribution in [1.82, 2.24) is 0 Å². The molecule has 0 saturated carbocycles. The fourth-order valence-corrected chi connectivity index (χ4v) is 2.17. The molecule has 94 valence electrons. The third-order valence-electron chi connectivity index (χ3n) is 2.53. The number of hydrogen-bond acceptors (Lipinski definition) is 1. The zero-order valence-electron chi connectivity index (χ0n) is 9.50. The first-order valence-corrected chi connectivity index (χ1v) is 6.71. The second-order valence-electron chi connectivity index (χ2n) is 3.74. The van der Waals surface area contributed by atoms with Crippen LogP contribution in [0, 0.1) is 0 Å². The molecule has 2 rings (SSSR count). The van der Waals surface area contributed by atoms with E-state index in [0.29, 0.717) is 22.5 Å². The van der Waals surface area contributed by atoms with E-state index >= 15 is 0 Å². The van der Waals surface area contributed by atoms with Gasteiger partial charge < -0.3 is 4.74 Å². The molecule has 0 saturated heterocycles. The van der Waals surface area contributed by atoms with Crippen LogP contribution in [0.2, 0.25) is 10.0 Å². The van der Waals surface area contributed by atoms with Gasteiger partial charge in [0, 0.05) is 11.1 Å². The quantitative estimate of drug-likeness (QED) is 0.695. The number of para-hydroxylation sites is 1. The Labute approximate surface area is 121 Å². The van der Waals surface area contributed by atoms with E-state index in [9.17, 15) is 0 Å². The summed E-state index contributed by atoms with van der Waals surface area (Å²) in [4.78, 5) is 0. The maximum absolute atomic E-state index is 6.10. The van der Waals surface area contributed by atoms with Gasteiger partial charge in [0.1, 0.15) is 12.4 Å². The van der Waals surface area contributed by atoms with Crippen LogP contribution >= 0.6 is 34.8 Å². The van der Waals surface area contributed by atoms with Crippen molar-refractivity contribution in [2.45, 2.75) is 12.5 Å². The third kappa shape index (κ3) is 3.11. The molecule has 18 heavy (non-hydrogen) atoms. The summed E-state index contributed by atoms with van der Waals surface area (Å²) >= 11 is 17.9. The highest BCUT2D eigenvalue weighted by atomic mass is 35.5. The number of benzene rings is 2. The highest BCUT2D eigenvalue weighted by Crippen LogP contribution is 2.27. The highest BCUT2D eigenvalue weighted by molar-refractivity contribution is 6.42. The Kier molecular flexibility index (Phi) is 4.76. The van der Waals surface area contributed by atoms with Crippen LogP contribution in [0.25, 0.3) is 0 Å². The van der Waals surface area contributed by atoms with E-state index in [4.69, 9.17) is 39.5 Å². The van der Waals surface area contributed by atoms with Gasteiger partial charge in [0.15, 0.2) is 0 Å². The summed E-state index contributed by atoms with van der Waals surface area (Å²) in [6.45, 7) is 0.368. The van der Waals surface area contributed by atoms with Crippen LogP contribution in [0.1, 0.15) is 11.1 Å². The predicted octanol–water partition coefficient (Wildman–Crippen LogP) is 5.31. The van der Waals surface area contributed by atoms with Crippen molar-refractivity contribution in [2.24, 2.45) is 0 Å². The van der Waals surface area contributed by atoms with Crippen molar-refractivity contribution in [2.75, 3.05) is 0 Å². The summed E-state index contributed by atoms with van der Waals surface area (Å²) in [5.41, 5.74) is 1.81. The highest BCUT2D eigenvalue weighted by Gasteiger charge is 2.06. The third-order valence-corrected chi connectivity index (χ3v) is 3.68. The molecule has 0 amide bonds.